The Bertz CT molecular complexity index is 557. The number of nitrogens with one attached hydrogen (secondary N) is 1. The van der Waals surface area contributed by atoms with Gasteiger partial charge in [0.2, 0.25) is 0 Å². The highest BCUT2D eigenvalue weighted by molar-refractivity contribution is 5.97. The number of carbonyl (C=O) groups is 1. The first kappa shape index (κ1) is 15.2. The maximum Gasteiger partial charge on any atom is 0.256 e. The molecule has 1 saturated carbocycles. The van der Waals surface area contributed by atoms with Crippen LogP contribution in [0, 0.1) is 11.3 Å². The highest BCUT2D eigenvalue weighted by atomic mass is 16.5. The van der Waals surface area contributed by atoms with Gasteiger partial charge in [-0.25, -0.2) is 0 Å². The molecule has 21 heavy (non-hydrogen) atoms. The zero-order valence-electron chi connectivity index (χ0n) is 12.4. The Labute approximate surface area is 124 Å². The van der Waals surface area contributed by atoms with Crippen LogP contribution in [0.2, 0.25) is 0 Å². The third kappa shape index (κ3) is 3.27. The van der Waals surface area contributed by atoms with Gasteiger partial charge in [-0.05, 0) is 25.0 Å². The Morgan fingerprint density at radius 2 is 1.95 bits per heavy atom. The van der Waals surface area contributed by atoms with Gasteiger partial charge in [-0.2, -0.15) is 5.26 Å². The van der Waals surface area contributed by atoms with Gasteiger partial charge in [0, 0.05) is 6.07 Å². The van der Waals surface area contributed by atoms with Crippen molar-refractivity contribution >= 4 is 5.91 Å². The molecule has 0 saturated heterocycles. The molecule has 1 N–H and O–H groups in total. The van der Waals surface area contributed by atoms with Gasteiger partial charge in [0.15, 0.2) is 0 Å². The van der Waals surface area contributed by atoms with Gasteiger partial charge in [-0.1, -0.05) is 19.3 Å². The van der Waals surface area contributed by atoms with Crippen LogP contribution < -0.4 is 14.8 Å². The molecule has 1 aliphatic carbocycles. The van der Waals surface area contributed by atoms with Crippen molar-refractivity contribution in [2.75, 3.05) is 14.2 Å². The monoisotopic (exact) mass is 288 g/mol. The lowest BCUT2D eigenvalue weighted by Crippen LogP contribution is -2.48. The molecule has 5 heteroatoms. The number of hydrogen-bond donors (Lipinski definition) is 1. The van der Waals surface area contributed by atoms with Crippen LogP contribution in [0.15, 0.2) is 18.2 Å². The number of benzene rings is 1. The van der Waals surface area contributed by atoms with Crippen LogP contribution in [0.1, 0.15) is 42.5 Å². The van der Waals surface area contributed by atoms with Gasteiger partial charge in [0.05, 0.1) is 25.9 Å². The molecule has 0 radical (unpaired) electrons. The van der Waals surface area contributed by atoms with Crippen LogP contribution in [0.25, 0.3) is 0 Å². The van der Waals surface area contributed by atoms with E-state index in [0.717, 1.165) is 19.3 Å². The molecular formula is C16H20N2O3. The number of rotatable bonds is 4. The molecule has 1 aliphatic rings. The maximum absolute atomic E-state index is 12.5. The van der Waals surface area contributed by atoms with Crippen LogP contribution in [-0.2, 0) is 0 Å². The lowest BCUT2D eigenvalue weighted by Gasteiger charge is -2.31. The summed E-state index contributed by atoms with van der Waals surface area (Å²) in [6, 6.07) is 7.30. The molecule has 0 spiro atoms. The summed E-state index contributed by atoms with van der Waals surface area (Å²) in [5.41, 5.74) is -0.334. The van der Waals surface area contributed by atoms with E-state index in [9.17, 15) is 10.1 Å². The topological polar surface area (TPSA) is 71.3 Å². The lowest BCUT2D eigenvalue weighted by atomic mass is 9.82. The molecule has 0 heterocycles. The highest BCUT2D eigenvalue weighted by Gasteiger charge is 2.34. The quantitative estimate of drug-likeness (QED) is 0.924. The van der Waals surface area contributed by atoms with Crippen LogP contribution in [-0.4, -0.2) is 25.7 Å². The number of amides is 1. The summed E-state index contributed by atoms with van der Waals surface area (Å²) < 4.78 is 10.4. The van der Waals surface area contributed by atoms with Gasteiger partial charge in [0.25, 0.3) is 5.91 Å². The summed E-state index contributed by atoms with van der Waals surface area (Å²) in [4.78, 5) is 12.5. The molecule has 112 valence electrons. The maximum atomic E-state index is 12.5. The fourth-order valence-corrected chi connectivity index (χ4v) is 2.69. The average Bonchev–Trinajstić information content (AvgIpc) is 2.54. The number of ether oxygens (including phenoxy) is 2. The molecule has 0 aliphatic heterocycles. The minimum atomic E-state index is -0.750. The Balaban J connectivity index is 2.22. The van der Waals surface area contributed by atoms with E-state index in [-0.39, 0.29) is 5.91 Å². The zero-order valence-corrected chi connectivity index (χ0v) is 12.4. The summed E-state index contributed by atoms with van der Waals surface area (Å²) in [7, 11) is 3.06. The first-order valence-corrected chi connectivity index (χ1v) is 7.10. The van der Waals surface area contributed by atoms with Crippen molar-refractivity contribution in [1.82, 2.24) is 5.32 Å². The van der Waals surface area contributed by atoms with E-state index in [0.29, 0.717) is 29.9 Å². The molecular weight excluding hydrogens is 268 g/mol. The molecule has 5 nitrogen and oxygen atoms in total. The summed E-state index contributed by atoms with van der Waals surface area (Å²) in [5, 5.41) is 12.3. The first-order chi connectivity index (χ1) is 10.1. The second kappa shape index (κ2) is 6.49. The van der Waals surface area contributed by atoms with Crippen molar-refractivity contribution in [1.29, 1.82) is 5.26 Å². The van der Waals surface area contributed by atoms with Gasteiger partial charge < -0.3 is 14.8 Å². The Hall–Kier alpha value is -2.22. The SMILES string of the molecule is COc1ccc(C(=O)NC2(C#N)CCCCC2)c(OC)c1. The van der Waals surface area contributed by atoms with Gasteiger partial charge in [0.1, 0.15) is 17.0 Å². The molecule has 1 aromatic carbocycles. The van der Waals surface area contributed by atoms with E-state index >= 15 is 0 Å². The van der Waals surface area contributed by atoms with Crippen LogP contribution in [0.4, 0.5) is 0 Å². The van der Waals surface area contributed by atoms with Crippen molar-refractivity contribution in [3.63, 3.8) is 0 Å². The normalized spacial score (nSPS) is 16.6. The summed E-state index contributed by atoms with van der Waals surface area (Å²) in [5.74, 6) is 0.782. The van der Waals surface area contributed by atoms with Gasteiger partial charge >= 0.3 is 0 Å². The molecule has 2 rings (SSSR count). The second-order valence-corrected chi connectivity index (χ2v) is 5.27. The molecule has 0 aromatic heterocycles. The number of nitrogens with zero attached hydrogens (tertiary/aromatic N) is 1. The molecule has 0 bridgehead atoms. The summed E-state index contributed by atoms with van der Waals surface area (Å²) >= 11 is 0. The van der Waals surface area contributed by atoms with Crippen LogP contribution in [0.5, 0.6) is 11.5 Å². The predicted octanol–water partition coefficient (Wildman–Crippen LogP) is 2.66. The highest BCUT2D eigenvalue weighted by Crippen LogP contribution is 2.29. The number of methoxy groups -OCH3 is 2. The van der Waals surface area contributed by atoms with Crippen molar-refractivity contribution in [3.8, 4) is 17.6 Å². The Morgan fingerprint density at radius 3 is 2.52 bits per heavy atom. The summed E-state index contributed by atoms with van der Waals surface area (Å²) in [6.07, 6.45) is 4.45. The third-order valence-corrected chi connectivity index (χ3v) is 3.93. The number of nitriles is 1. The van der Waals surface area contributed by atoms with E-state index in [4.69, 9.17) is 9.47 Å². The molecule has 1 amide bonds. The Kier molecular flexibility index (Phi) is 4.69. The Morgan fingerprint density at radius 1 is 1.24 bits per heavy atom. The van der Waals surface area contributed by atoms with Crippen molar-refractivity contribution in [2.45, 2.75) is 37.6 Å². The van der Waals surface area contributed by atoms with E-state index in [1.807, 2.05) is 0 Å². The van der Waals surface area contributed by atoms with Crippen molar-refractivity contribution < 1.29 is 14.3 Å². The van der Waals surface area contributed by atoms with Crippen molar-refractivity contribution in [2.24, 2.45) is 0 Å². The molecule has 0 unspecified atom stereocenters. The van der Waals surface area contributed by atoms with Crippen LogP contribution in [0.3, 0.4) is 0 Å². The van der Waals surface area contributed by atoms with E-state index < -0.39 is 5.54 Å². The van der Waals surface area contributed by atoms with Crippen LogP contribution >= 0.6 is 0 Å². The van der Waals surface area contributed by atoms with E-state index in [1.54, 1.807) is 25.3 Å². The largest absolute Gasteiger partial charge is 0.497 e. The van der Waals surface area contributed by atoms with Gasteiger partial charge in [-0.15, -0.1) is 0 Å². The minimum absolute atomic E-state index is 0.280. The molecule has 1 aromatic rings. The zero-order chi connectivity index (χ0) is 15.3. The predicted molar refractivity (Wildman–Crippen MR) is 78.4 cm³/mol. The first-order valence-electron chi connectivity index (χ1n) is 7.10. The number of hydrogen-bond acceptors (Lipinski definition) is 4. The second-order valence-electron chi connectivity index (χ2n) is 5.27. The van der Waals surface area contributed by atoms with Gasteiger partial charge in [-0.3, -0.25) is 4.79 Å². The third-order valence-electron chi connectivity index (χ3n) is 3.93. The lowest BCUT2D eigenvalue weighted by molar-refractivity contribution is 0.0899. The molecule has 0 atom stereocenters. The van der Waals surface area contributed by atoms with Crippen molar-refractivity contribution in [3.05, 3.63) is 23.8 Å². The minimum Gasteiger partial charge on any atom is -0.497 e. The van der Waals surface area contributed by atoms with E-state index in [1.165, 1.54) is 7.11 Å². The standard InChI is InChI=1S/C16H20N2O3/c1-20-12-6-7-13(14(10-12)21-2)15(19)18-16(11-17)8-4-3-5-9-16/h6-7,10H,3-5,8-9H2,1-2H3,(H,18,19). The molecule has 1 fully saturated rings. The fraction of sp³-hybridized carbons (Fsp3) is 0.500. The van der Waals surface area contributed by atoms with E-state index in [2.05, 4.69) is 11.4 Å². The number of carbonyl (C=O) groups excluding carboxylic acids is 1. The smallest absolute Gasteiger partial charge is 0.256 e. The fourth-order valence-electron chi connectivity index (χ4n) is 2.69. The summed E-state index contributed by atoms with van der Waals surface area (Å²) in [6.45, 7) is 0. The average molecular weight is 288 g/mol.